The van der Waals surface area contributed by atoms with Gasteiger partial charge < -0.3 is 5.32 Å². The number of halogens is 1. The SMILES string of the molecule is Cc1cncc(NCC2(c3ccc(F)cc3)CCC2)n1. The molecule has 1 heterocycles. The molecule has 1 fully saturated rings. The van der Waals surface area contributed by atoms with E-state index in [4.69, 9.17) is 0 Å². The molecule has 0 atom stereocenters. The Morgan fingerprint density at radius 2 is 1.95 bits per heavy atom. The van der Waals surface area contributed by atoms with E-state index in [0.717, 1.165) is 30.9 Å². The molecule has 1 aliphatic carbocycles. The number of aromatic nitrogens is 2. The zero-order valence-corrected chi connectivity index (χ0v) is 11.6. The fraction of sp³-hybridized carbons (Fsp3) is 0.375. The standard InChI is InChI=1S/C16H18FN3/c1-12-9-18-10-15(20-12)19-11-16(7-2-8-16)13-3-5-14(17)6-4-13/h3-6,9-10H,2,7-8,11H2,1H3,(H,19,20). The Bertz CT molecular complexity index is 591. The van der Waals surface area contributed by atoms with Crippen LogP contribution < -0.4 is 5.32 Å². The van der Waals surface area contributed by atoms with E-state index in [9.17, 15) is 4.39 Å². The molecule has 1 saturated carbocycles. The van der Waals surface area contributed by atoms with Gasteiger partial charge in [-0.25, -0.2) is 9.37 Å². The number of rotatable bonds is 4. The zero-order valence-electron chi connectivity index (χ0n) is 11.6. The van der Waals surface area contributed by atoms with Gasteiger partial charge in [-0.1, -0.05) is 18.6 Å². The van der Waals surface area contributed by atoms with Crippen LogP contribution in [0.15, 0.2) is 36.7 Å². The third kappa shape index (κ3) is 2.50. The van der Waals surface area contributed by atoms with Crippen molar-refractivity contribution in [1.82, 2.24) is 9.97 Å². The van der Waals surface area contributed by atoms with Crippen LogP contribution in [-0.2, 0) is 5.41 Å². The molecule has 20 heavy (non-hydrogen) atoms. The quantitative estimate of drug-likeness (QED) is 0.925. The predicted octanol–water partition coefficient (Wildman–Crippen LogP) is 3.46. The highest BCUT2D eigenvalue weighted by Gasteiger charge is 2.38. The smallest absolute Gasteiger partial charge is 0.144 e. The molecule has 3 nitrogen and oxygen atoms in total. The summed E-state index contributed by atoms with van der Waals surface area (Å²) in [6, 6.07) is 6.89. The monoisotopic (exact) mass is 271 g/mol. The first-order chi connectivity index (χ1) is 9.68. The number of nitrogens with one attached hydrogen (secondary N) is 1. The second-order valence-corrected chi connectivity index (χ2v) is 5.54. The number of benzene rings is 1. The van der Waals surface area contributed by atoms with Crippen molar-refractivity contribution in [3.05, 3.63) is 53.7 Å². The topological polar surface area (TPSA) is 37.8 Å². The molecule has 0 unspecified atom stereocenters. The average molecular weight is 271 g/mol. The molecule has 0 spiro atoms. The molecule has 1 aromatic carbocycles. The van der Waals surface area contributed by atoms with Gasteiger partial charge in [-0.3, -0.25) is 4.98 Å². The normalized spacial score (nSPS) is 16.5. The van der Waals surface area contributed by atoms with E-state index in [-0.39, 0.29) is 11.2 Å². The molecule has 104 valence electrons. The third-order valence-corrected chi connectivity index (χ3v) is 4.13. The van der Waals surface area contributed by atoms with Crippen LogP contribution in [-0.4, -0.2) is 16.5 Å². The molecule has 0 saturated heterocycles. The second kappa shape index (κ2) is 5.19. The maximum Gasteiger partial charge on any atom is 0.144 e. The van der Waals surface area contributed by atoms with Crippen molar-refractivity contribution in [3.8, 4) is 0 Å². The average Bonchev–Trinajstić information content (AvgIpc) is 2.39. The summed E-state index contributed by atoms with van der Waals surface area (Å²) < 4.78 is 13.1. The molecule has 1 N–H and O–H groups in total. The van der Waals surface area contributed by atoms with Gasteiger partial charge in [-0.05, 0) is 37.5 Å². The summed E-state index contributed by atoms with van der Waals surface area (Å²) in [5, 5.41) is 3.37. The largest absolute Gasteiger partial charge is 0.368 e. The number of hydrogen-bond donors (Lipinski definition) is 1. The van der Waals surface area contributed by atoms with Gasteiger partial charge in [0.1, 0.15) is 11.6 Å². The van der Waals surface area contributed by atoms with Crippen molar-refractivity contribution >= 4 is 5.82 Å². The molecule has 0 radical (unpaired) electrons. The van der Waals surface area contributed by atoms with Crippen LogP contribution in [0.5, 0.6) is 0 Å². The molecule has 3 rings (SSSR count). The van der Waals surface area contributed by atoms with E-state index in [1.807, 2.05) is 19.1 Å². The van der Waals surface area contributed by atoms with Gasteiger partial charge in [0, 0.05) is 18.2 Å². The first-order valence-electron chi connectivity index (χ1n) is 6.97. The summed E-state index contributed by atoms with van der Waals surface area (Å²) in [5.74, 6) is 0.624. The van der Waals surface area contributed by atoms with Crippen molar-refractivity contribution < 1.29 is 4.39 Å². The lowest BCUT2D eigenvalue weighted by Crippen LogP contribution is -2.41. The predicted molar refractivity (Wildman–Crippen MR) is 77.2 cm³/mol. The third-order valence-electron chi connectivity index (χ3n) is 4.13. The zero-order chi connectivity index (χ0) is 14.0. The van der Waals surface area contributed by atoms with Crippen LogP contribution in [0, 0.1) is 12.7 Å². The maximum absolute atomic E-state index is 13.1. The highest BCUT2D eigenvalue weighted by molar-refractivity contribution is 5.36. The van der Waals surface area contributed by atoms with Crippen LogP contribution in [0.4, 0.5) is 10.2 Å². The van der Waals surface area contributed by atoms with E-state index < -0.39 is 0 Å². The summed E-state index contributed by atoms with van der Waals surface area (Å²) in [6.45, 7) is 2.74. The van der Waals surface area contributed by atoms with Crippen LogP contribution in [0.3, 0.4) is 0 Å². The van der Waals surface area contributed by atoms with Crippen molar-refractivity contribution in [3.63, 3.8) is 0 Å². The Labute approximate surface area is 118 Å². The fourth-order valence-electron chi connectivity index (χ4n) is 2.78. The summed E-state index contributed by atoms with van der Waals surface area (Å²) >= 11 is 0. The van der Waals surface area contributed by atoms with Crippen molar-refractivity contribution in [2.24, 2.45) is 0 Å². The van der Waals surface area contributed by atoms with Crippen molar-refractivity contribution in [1.29, 1.82) is 0 Å². The molecular formula is C16H18FN3. The first kappa shape index (κ1) is 13.0. The Kier molecular flexibility index (Phi) is 3.38. The van der Waals surface area contributed by atoms with E-state index in [2.05, 4.69) is 15.3 Å². The Hall–Kier alpha value is -1.97. The molecule has 1 aliphatic rings. The lowest BCUT2D eigenvalue weighted by Gasteiger charge is -2.42. The number of anilines is 1. The van der Waals surface area contributed by atoms with Crippen LogP contribution in [0.1, 0.15) is 30.5 Å². The molecule has 4 heteroatoms. The molecule has 1 aromatic heterocycles. The van der Waals surface area contributed by atoms with Gasteiger partial charge in [0.05, 0.1) is 11.9 Å². The van der Waals surface area contributed by atoms with Crippen LogP contribution in [0.25, 0.3) is 0 Å². The minimum absolute atomic E-state index is 0.110. The summed E-state index contributed by atoms with van der Waals surface area (Å²) in [6.07, 6.45) is 6.96. The van der Waals surface area contributed by atoms with Crippen molar-refractivity contribution in [2.45, 2.75) is 31.6 Å². The van der Waals surface area contributed by atoms with Gasteiger partial charge in [-0.2, -0.15) is 0 Å². The van der Waals surface area contributed by atoms with E-state index in [0.29, 0.717) is 0 Å². The van der Waals surface area contributed by atoms with Crippen LogP contribution >= 0.6 is 0 Å². The lowest BCUT2D eigenvalue weighted by atomic mass is 9.64. The van der Waals surface area contributed by atoms with E-state index >= 15 is 0 Å². The van der Waals surface area contributed by atoms with Gasteiger partial charge in [-0.15, -0.1) is 0 Å². The van der Waals surface area contributed by atoms with E-state index in [1.54, 1.807) is 24.5 Å². The van der Waals surface area contributed by atoms with Gasteiger partial charge >= 0.3 is 0 Å². The Morgan fingerprint density at radius 1 is 1.20 bits per heavy atom. The van der Waals surface area contributed by atoms with E-state index in [1.165, 1.54) is 12.0 Å². The second-order valence-electron chi connectivity index (χ2n) is 5.54. The fourth-order valence-corrected chi connectivity index (χ4v) is 2.78. The van der Waals surface area contributed by atoms with Crippen molar-refractivity contribution in [2.75, 3.05) is 11.9 Å². The minimum atomic E-state index is -0.180. The Morgan fingerprint density at radius 3 is 2.55 bits per heavy atom. The molecule has 2 aromatic rings. The molecule has 0 bridgehead atoms. The maximum atomic E-state index is 13.1. The van der Waals surface area contributed by atoms with Crippen LogP contribution in [0.2, 0.25) is 0 Å². The number of hydrogen-bond acceptors (Lipinski definition) is 3. The highest BCUT2D eigenvalue weighted by Crippen LogP contribution is 2.43. The summed E-state index contributed by atoms with van der Waals surface area (Å²) in [4.78, 5) is 8.55. The highest BCUT2D eigenvalue weighted by atomic mass is 19.1. The lowest BCUT2D eigenvalue weighted by molar-refractivity contribution is 0.260. The number of aryl methyl sites for hydroxylation is 1. The minimum Gasteiger partial charge on any atom is -0.368 e. The first-order valence-corrected chi connectivity index (χ1v) is 6.97. The summed E-state index contributed by atoms with van der Waals surface area (Å²) in [7, 11) is 0. The molecular weight excluding hydrogens is 253 g/mol. The Balaban J connectivity index is 1.75. The van der Waals surface area contributed by atoms with Gasteiger partial charge in [0.25, 0.3) is 0 Å². The molecule has 0 amide bonds. The number of nitrogens with zero attached hydrogens (tertiary/aromatic N) is 2. The molecule has 0 aliphatic heterocycles. The summed E-state index contributed by atoms with van der Waals surface area (Å²) in [5.41, 5.74) is 2.22. The van der Waals surface area contributed by atoms with Gasteiger partial charge in [0.15, 0.2) is 0 Å². The van der Waals surface area contributed by atoms with Gasteiger partial charge in [0.2, 0.25) is 0 Å².